The van der Waals surface area contributed by atoms with E-state index >= 15 is 0 Å². The third-order valence-corrected chi connectivity index (χ3v) is 3.60. The molecule has 0 aliphatic carbocycles. The van der Waals surface area contributed by atoms with Crippen LogP contribution in [-0.2, 0) is 13.1 Å². The summed E-state index contributed by atoms with van der Waals surface area (Å²) in [5.74, 6) is 1.35. The fraction of sp³-hybridized carbons (Fsp3) is 0.316. The Morgan fingerprint density at radius 2 is 1.69 bits per heavy atom. The van der Waals surface area contributed by atoms with Gasteiger partial charge in [-0.2, -0.15) is 0 Å². The minimum Gasteiger partial charge on any atom is -0.497 e. The van der Waals surface area contributed by atoms with E-state index in [1.807, 2.05) is 31.2 Å². The monoisotopic (exact) mass is 473 g/mol. The first kappa shape index (κ1) is 22.0. The summed E-state index contributed by atoms with van der Waals surface area (Å²) in [7, 11) is 3.09. The van der Waals surface area contributed by atoms with E-state index in [1.54, 1.807) is 19.2 Å². The van der Waals surface area contributed by atoms with Crippen molar-refractivity contribution in [3.8, 4) is 11.5 Å². The highest BCUT2D eigenvalue weighted by molar-refractivity contribution is 14.0. The quantitative estimate of drug-likeness (QED) is 0.366. The Morgan fingerprint density at radius 1 is 1.00 bits per heavy atom. The van der Waals surface area contributed by atoms with Gasteiger partial charge in [0, 0.05) is 13.1 Å². The molecule has 2 aromatic carbocycles. The lowest BCUT2D eigenvalue weighted by Gasteiger charge is -2.12. The summed E-state index contributed by atoms with van der Waals surface area (Å²) in [4.78, 5) is 4.49. The second kappa shape index (κ2) is 11.6. The Morgan fingerprint density at radius 3 is 2.27 bits per heavy atom. The van der Waals surface area contributed by atoms with Crippen molar-refractivity contribution in [3.05, 3.63) is 59.4 Å². The highest BCUT2D eigenvalue weighted by Gasteiger charge is 2.04. The maximum atomic E-state index is 13.7. The maximum Gasteiger partial charge on any atom is 0.191 e. The van der Waals surface area contributed by atoms with Gasteiger partial charge in [0.05, 0.1) is 20.8 Å². The van der Waals surface area contributed by atoms with Gasteiger partial charge in [0.1, 0.15) is 5.75 Å². The van der Waals surface area contributed by atoms with Gasteiger partial charge in [0.25, 0.3) is 0 Å². The molecule has 0 bridgehead atoms. The lowest BCUT2D eigenvalue weighted by Crippen LogP contribution is -2.36. The van der Waals surface area contributed by atoms with Gasteiger partial charge >= 0.3 is 0 Å². The maximum absolute atomic E-state index is 13.7. The van der Waals surface area contributed by atoms with Crippen LogP contribution in [0.25, 0.3) is 0 Å². The molecule has 0 amide bonds. The zero-order valence-electron chi connectivity index (χ0n) is 15.2. The molecule has 0 aromatic heterocycles. The van der Waals surface area contributed by atoms with E-state index in [1.165, 1.54) is 13.2 Å². The molecule has 2 N–H and O–H groups in total. The molecular formula is C19H25FIN3O2. The molecule has 0 heterocycles. The first-order chi connectivity index (χ1) is 12.2. The summed E-state index contributed by atoms with van der Waals surface area (Å²) < 4.78 is 23.8. The SMILES string of the molecule is CCNC(=NCc1ccc(OC)c(F)c1)NCc1ccc(OC)cc1.I. The minimum atomic E-state index is -0.383. The molecule has 0 radical (unpaired) electrons. The van der Waals surface area contributed by atoms with Crippen molar-refractivity contribution >= 4 is 29.9 Å². The number of benzene rings is 2. The smallest absolute Gasteiger partial charge is 0.191 e. The first-order valence-electron chi connectivity index (χ1n) is 8.13. The summed E-state index contributed by atoms with van der Waals surface area (Å²) in [6.07, 6.45) is 0. The molecule has 0 saturated carbocycles. The molecule has 2 aromatic rings. The molecule has 7 heteroatoms. The van der Waals surface area contributed by atoms with Gasteiger partial charge in [-0.15, -0.1) is 24.0 Å². The number of aliphatic imine (C=N–C) groups is 1. The third-order valence-electron chi connectivity index (χ3n) is 3.60. The van der Waals surface area contributed by atoms with Crippen LogP contribution in [0.2, 0.25) is 0 Å². The van der Waals surface area contributed by atoms with E-state index in [0.29, 0.717) is 19.0 Å². The largest absolute Gasteiger partial charge is 0.497 e. The van der Waals surface area contributed by atoms with E-state index in [9.17, 15) is 4.39 Å². The summed E-state index contributed by atoms with van der Waals surface area (Å²) in [6, 6.07) is 12.7. The van der Waals surface area contributed by atoms with Crippen LogP contribution in [0, 0.1) is 5.82 Å². The fourth-order valence-electron chi connectivity index (χ4n) is 2.25. The zero-order valence-corrected chi connectivity index (χ0v) is 17.5. The number of halogens is 2. The van der Waals surface area contributed by atoms with Crippen LogP contribution in [0.4, 0.5) is 4.39 Å². The van der Waals surface area contributed by atoms with E-state index in [-0.39, 0.29) is 35.5 Å². The molecule has 0 saturated heterocycles. The summed E-state index contributed by atoms with van der Waals surface area (Å²) in [5.41, 5.74) is 1.89. The standard InChI is InChI=1S/C19H24FN3O2.HI/c1-4-21-19(22-12-14-5-8-16(24-2)9-6-14)23-13-15-7-10-18(25-3)17(20)11-15;/h5-11H,4,12-13H2,1-3H3,(H2,21,22,23);1H. The van der Waals surface area contributed by atoms with Crippen molar-refractivity contribution in [2.75, 3.05) is 20.8 Å². The first-order valence-corrected chi connectivity index (χ1v) is 8.13. The zero-order chi connectivity index (χ0) is 18.1. The number of nitrogens with zero attached hydrogens (tertiary/aromatic N) is 1. The van der Waals surface area contributed by atoms with Crippen molar-refractivity contribution in [2.24, 2.45) is 4.99 Å². The predicted octanol–water partition coefficient (Wildman–Crippen LogP) is 3.72. The normalized spacial score (nSPS) is 10.7. The molecule has 2 rings (SSSR count). The number of hydrogen-bond donors (Lipinski definition) is 2. The van der Waals surface area contributed by atoms with Gasteiger partial charge in [-0.25, -0.2) is 9.38 Å². The van der Waals surface area contributed by atoms with Crippen LogP contribution in [0.5, 0.6) is 11.5 Å². The molecular weight excluding hydrogens is 448 g/mol. The van der Waals surface area contributed by atoms with Gasteiger partial charge in [0.2, 0.25) is 0 Å². The lowest BCUT2D eigenvalue weighted by molar-refractivity contribution is 0.386. The van der Waals surface area contributed by atoms with Gasteiger partial charge in [-0.05, 0) is 42.3 Å². The molecule has 142 valence electrons. The van der Waals surface area contributed by atoms with E-state index in [0.717, 1.165) is 23.4 Å². The van der Waals surface area contributed by atoms with Crippen molar-refractivity contribution in [1.82, 2.24) is 10.6 Å². The fourth-order valence-corrected chi connectivity index (χ4v) is 2.25. The molecule has 0 aliphatic rings. The number of ether oxygens (including phenoxy) is 2. The number of nitrogens with one attached hydrogen (secondary N) is 2. The average Bonchev–Trinajstić information content (AvgIpc) is 2.64. The molecule has 0 spiro atoms. The molecule has 0 atom stereocenters. The molecule has 0 aliphatic heterocycles. The Balaban J connectivity index is 0.00000338. The molecule has 0 fully saturated rings. The highest BCUT2D eigenvalue weighted by Crippen LogP contribution is 2.18. The summed E-state index contributed by atoms with van der Waals surface area (Å²) in [5, 5.41) is 6.44. The van der Waals surface area contributed by atoms with Crippen LogP contribution >= 0.6 is 24.0 Å². The minimum absolute atomic E-state index is 0. The van der Waals surface area contributed by atoms with Crippen molar-refractivity contribution in [2.45, 2.75) is 20.0 Å². The van der Waals surface area contributed by atoms with Crippen molar-refractivity contribution in [1.29, 1.82) is 0 Å². The van der Waals surface area contributed by atoms with Gasteiger partial charge in [-0.3, -0.25) is 0 Å². The van der Waals surface area contributed by atoms with E-state index < -0.39 is 0 Å². The van der Waals surface area contributed by atoms with E-state index in [2.05, 4.69) is 15.6 Å². The number of methoxy groups -OCH3 is 2. The second-order valence-corrected chi connectivity index (χ2v) is 5.37. The third kappa shape index (κ3) is 6.70. The molecule has 26 heavy (non-hydrogen) atoms. The number of rotatable bonds is 7. The Bertz CT molecular complexity index is 708. The lowest BCUT2D eigenvalue weighted by atomic mass is 10.2. The van der Waals surface area contributed by atoms with Gasteiger partial charge in [-0.1, -0.05) is 18.2 Å². The van der Waals surface area contributed by atoms with Crippen LogP contribution in [0.1, 0.15) is 18.1 Å². The Kier molecular flexibility index (Phi) is 9.79. The van der Waals surface area contributed by atoms with Crippen molar-refractivity contribution in [3.63, 3.8) is 0 Å². The second-order valence-electron chi connectivity index (χ2n) is 5.37. The average molecular weight is 473 g/mol. The van der Waals surface area contributed by atoms with Gasteiger partial charge < -0.3 is 20.1 Å². The van der Waals surface area contributed by atoms with Crippen molar-refractivity contribution < 1.29 is 13.9 Å². The summed E-state index contributed by atoms with van der Waals surface area (Å²) in [6.45, 7) is 3.74. The topological polar surface area (TPSA) is 54.9 Å². The number of guanidine groups is 1. The summed E-state index contributed by atoms with van der Waals surface area (Å²) >= 11 is 0. The van der Waals surface area contributed by atoms with Crippen LogP contribution in [-0.4, -0.2) is 26.7 Å². The predicted molar refractivity (Wildman–Crippen MR) is 113 cm³/mol. The Hall–Kier alpha value is -2.03. The molecule has 0 unspecified atom stereocenters. The van der Waals surface area contributed by atoms with Crippen LogP contribution in [0.15, 0.2) is 47.5 Å². The number of hydrogen-bond acceptors (Lipinski definition) is 3. The van der Waals surface area contributed by atoms with E-state index in [4.69, 9.17) is 9.47 Å². The molecule has 5 nitrogen and oxygen atoms in total. The highest BCUT2D eigenvalue weighted by atomic mass is 127. The van der Waals surface area contributed by atoms with Crippen LogP contribution in [0.3, 0.4) is 0 Å². The van der Waals surface area contributed by atoms with Crippen LogP contribution < -0.4 is 20.1 Å². The Labute approximate surface area is 171 Å². The van der Waals surface area contributed by atoms with Gasteiger partial charge in [0.15, 0.2) is 17.5 Å².